The summed E-state index contributed by atoms with van der Waals surface area (Å²) in [6.45, 7) is 0. The fourth-order valence-electron chi connectivity index (χ4n) is 1.55. The highest BCUT2D eigenvalue weighted by atomic mass is 32.2. The molecule has 1 aromatic carbocycles. The van der Waals surface area contributed by atoms with Crippen molar-refractivity contribution in [2.75, 3.05) is 13.4 Å². The maximum Gasteiger partial charge on any atom is 0.214 e. The van der Waals surface area contributed by atoms with Gasteiger partial charge in [0.1, 0.15) is 5.69 Å². The normalized spacial score (nSPS) is 10.3. The van der Waals surface area contributed by atoms with E-state index >= 15 is 0 Å². The van der Waals surface area contributed by atoms with E-state index in [1.54, 1.807) is 12.3 Å². The Morgan fingerprint density at radius 2 is 2.16 bits per heavy atom. The number of rotatable bonds is 4. The van der Waals surface area contributed by atoms with Crippen LogP contribution in [0.5, 0.6) is 5.75 Å². The van der Waals surface area contributed by atoms with E-state index in [4.69, 9.17) is 4.74 Å². The maximum atomic E-state index is 14.0. The molecule has 0 bridgehead atoms. The minimum absolute atomic E-state index is 0.0324. The van der Waals surface area contributed by atoms with Crippen molar-refractivity contribution in [1.29, 1.82) is 0 Å². The van der Waals surface area contributed by atoms with E-state index in [2.05, 4.69) is 9.97 Å². The fraction of sp³-hybridized carbons (Fsp3) is 0.154. The Morgan fingerprint density at radius 3 is 2.84 bits per heavy atom. The Morgan fingerprint density at radius 1 is 1.37 bits per heavy atom. The molecule has 98 valence electrons. The molecule has 0 fully saturated rings. The number of benzene rings is 1. The monoisotopic (exact) mass is 278 g/mol. The fourth-order valence-corrected chi connectivity index (χ4v) is 1.90. The Bertz CT molecular complexity index is 619. The lowest BCUT2D eigenvalue weighted by atomic mass is 10.1. The summed E-state index contributed by atoms with van der Waals surface area (Å²) in [4.78, 5) is 20.2. The van der Waals surface area contributed by atoms with Crippen molar-refractivity contribution in [2.24, 2.45) is 0 Å². The molecule has 0 saturated heterocycles. The van der Waals surface area contributed by atoms with Crippen LogP contribution in [-0.2, 0) is 0 Å². The standard InChI is InChI=1S/C13H11FN2O2S/c1-18-10-5-3-4-8(11(10)14)12(17)9-6-7-15-13(16-9)19-2/h3-7H,1-2H3. The molecule has 4 nitrogen and oxygen atoms in total. The van der Waals surface area contributed by atoms with Crippen LogP contribution in [0.15, 0.2) is 35.6 Å². The van der Waals surface area contributed by atoms with Crippen molar-refractivity contribution in [3.05, 3.63) is 47.5 Å². The van der Waals surface area contributed by atoms with E-state index in [0.717, 1.165) is 0 Å². The Hall–Kier alpha value is -1.95. The minimum atomic E-state index is -0.681. The molecule has 19 heavy (non-hydrogen) atoms. The lowest BCUT2D eigenvalue weighted by molar-refractivity contribution is 0.102. The number of carbonyl (C=O) groups is 1. The average molecular weight is 278 g/mol. The third kappa shape index (κ3) is 2.73. The van der Waals surface area contributed by atoms with Gasteiger partial charge in [-0.3, -0.25) is 4.79 Å². The molecule has 2 rings (SSSR count). The Kier molecular flexibility index (Phi) is 4.11. The van der Waals surface area contributed by atoms with Crippen molar-refractivity contribution < 1.29 is 13.9 Å². The highest BCUT2D eigenvalue weighted by Gasteiger charge is 2.18. The number of thioether (sulfide) groups is 1. The highest BCUT2D eigenvalue weighted by Crippen LogP contribution is 2.22. The van der Waals surface area contributed by atoms with Crippen LogP contribution in [0, 0.1) is 5.82 Å². The van der Waals surface area contributed by atoms with E-state index in [9.17, 15) is 9.18 Å². The van der Waals surface area contributed by atoms with Gasteiger partial charge in [-0.05, 0) is 24.5 Å². The van der Waals surface area contributed by atoms with E-state index in [1.165, 1.54) is 43.3 Å². The molecule has 6 heteroatoms. The second kappa shape index (κ2) is 5.79. The molecule has 0 aliphatic carbocycles. The molecule has 0 atom stereocenters. The van der Waals surface area contributed by atoms with Crippen LogP contribution < -0.4 is 4.74 Å². The number of aromatic nitrogens is 2. The van der Waals surface area contributed by atoms with Gasteiger partial charge in [0.15, 0.2) is 16.7 Å². The van der Waals surface area contributed by atoms with Gasteiger partial charge in [0.05, 0.1) is 12.7 Å². The topological polar surface area (TPSA) is 52.1 Å². The third-order valence-corrected chi connectivity index (χ3v) is 3.04. The summed E-state index contributed by atoms with van der Waals surface area (Å²) in [6.07, 6.45) is 3.28. The first kappa shape index (κ1) is 13.5. The molecule has 1 heterocycles. The van der Waals surface area contributed by atoms with E-state index in [0.29, 0.717) is 5.16 Å². The van der Waals surface area contributed by atoms with Gasteiger partial charge >= 0.3 is 0 Å². The van der Waals surface area contributed by atoms with Crippen molar-refractivity contribution in [1.82, 2.24) is 9.97 Å². The van der Waals surface area contributed by atoms with Gasteiger partial charge in [-0.25, -0.2) is 14.4 Å². The first-order valence-corrected chi connectivity index (χ1v) is 6.64. The molecular formula is C13H11FN2O2S. The zero-order chi connectivity index (χ0) is 13.8. The molecule has 0 amide bonds. The number of carbonyl (C=O) groups excluding carboxylic acids is 1. The van der Waals surface area contributed by atoms with Crippen molar-refractivity contribution in [2.45, 2.75) is 5.16 Å². The van der Waals surface area contributed by atoms with Gasteiger partial charge in [-0.15, -0.1) is 0 Å². The van der Waals surface area contributed by atoms with Gasteiger partial charge in [-0.2, -0.15) is 0 Å². The summed E-state index contributed by atoms with van der Waals surface area (Å²) in [7, 11) is 1.35. The molecule has 0 saturated carbocycles. The molecule has 0 spiro atoms. The molecule has 0 unspecified atom stereocenters. The third-order valence-electron chi connectivity index (χ3n) is 2.48. The van der Waals surface area contributed by atoms with Gasteiger partial charge in [0.2, 0.25) is 5.78 Å². The van der Waals surface area contributed by atoms with E-state index in [1.807, 2.05) is 0 Å². The molecule has 0 aliphatic heterocycles. The van der Waals surface area contributed by atoms with Crippen molar-refractivity contribution >= 4 is 17.5 Å². The second-order valence-corrected chi connectivity index (χ2v) is 4.35. The number of nitrogens with zero attached hydrogens (tertiary/aromatic N) is 2. The van der Waals surface area contributed by atoms with Crippen molar-refractivity contribution in [3.63, 3.8) is 0 Å². The summed E-state index contributed by atoms with van der Waals surface area (Å²) >= 11 is 1.31. The van der Waals surface area contributed by atoms with Gasteiger partial charge in [0.25, 0.3) is 0 Å². The van der Waals surface area contributed by atoms with Crippen LogP contribution in [0.1, 0.15) is 16.1 Å². The van der Waals surface area contributed by atoms with Gasteiger partial charge in [0, 0.05) is 6.20 Å². The first-order valence-electron chi connectivity index (χ1n) is 5.41. The lowest BCUT2D eigenvalue weighted by Gasteiger charge is -2.06. The zero-order valence-electron chi connectivity index (χ0n) is 10.4. The highest BCUT2D eigenvalue weighted by molar-refractivity contribution is 7.98. The predicted molar refractivity (Wildman–Crippen MR) is 70.2 cm³/mol. The predicted octanol–water partition coefficient (Wildman–Crippen LogP) is 2.58. The first-order chi connectivity index (χ1) is 9.17. The van der Waals surface area contributed by atoms with Crippen LogP contribution in [0.4, 0.5) is 4.39 Å². The summed E-state index contributed by atoms with van der Waals surface area (Å²) in [5.41, 5.74) is 0.0941. The number of ketones is 1. The number of hydrogen-bond donors (Lipinski definition) is 0. The molecule has 0 N–H and O–H groups in total. The average Bonchev–Trinajstić information content (AvgIpc) is 2.47. The number of ether oxygens (including phenoxy) is 1. The molecule has 1 aromatic heterocycles. The van der Waals surface area contributed by atoms with Crippen LogP contribution in [0.3, 0.4) is 0 Å². The summed E-state index contributed by atoms with van der Waals surface area (Å²) in [6, 6.07) is 5.88. The van der Waals surface area contributed by atoms with Crippen LogP contribution in [0.25, 0.3) is 0 Å². The van der Waals surface area contributed by atoms with E-state index in [-0.39, 0.29) is 17.0 Å². The Labute approximate surface area is 114 Å². The lowest BCUT2D eigenvalue weighted by Crippen LogP contribution is -2.08. The quantitative estimate of drug-likeness (QED) is 0.489. The van der Waals surface area contributed by atoms with Gasteiger partial charge in [-0.1, -0.05) is 17.8 Å². The molecular weight excluding hydrogens is 267 g/mol. The molecule has 0 radical (unpaired) electrons. The van der Waals surface area contributed by atoms with Crippen LogP contribution in [-0.4, -0.2) is 29.1 Å². The van der Waals surface area contributed by atoms with Crippen molar-refractivity contribution in [3.8, 4) is 5.75 Å². The SMILES string of the molecule is COc1cccc(C(=O)c2ccnc(SC)n2)c1F. The van der Waals surface area contributed by atoms with Crippen LogP contribution >= 0.6 is 11.8 Å². The number of hydrogen-bond acceptors (Lipinski definition) is 5. The Balaban J connectivity index is 2.44. The summed E-state index contributed by atoms with van der Waals surface area (Å²) in [5.74, 6) is -1.14. The minimum Gasteiger partial charge on any atom is -0.494 e. The maximum absolute atomic E-state index is 14.0. The smallest absolute Gasteiger partial charge is 0.214 e. The van der Waals surface area contributed by atoms with Crippen LogP contribution in [0.2, 0.25) is 0 Å². The molecule has 0 aliphatic rings. The number of halogens is 1. The largest absolute Gasteiger partial charge is 0.494 e. The number of methoxy groups -OCH3 is 1. The van der Waals surface area contributed by atoms with Gasteiger partial charge < -0.3 is 4.74 Å². The summed E-state index contributed by atoms with van der Waals surface area (Å²) < 4.78 is 18.8. The van der Waals surface area contributed by atoms with E-state index < -0.39 is 11.6 Å². The summed E-state index contributed by atoms with van der Waals surface area (Å²) in [5, 5.41) is 0.467. The zero-order valence-corrected chi connectivity index (χ0v) is 11.2. The molecule has 2 aromatic rings. The second-order valence-electron chi connectivity index (χ2n) is 3.58.